The summed E-state index contributed by atoms with van der Waals surface area (Å²) in [5, 5.41) is 11.2. The van der Waals surface area contributed by atoms with E-state index in [4.69, 9.17) is 14.2 Å². The fourth-order valence-corrected chi connectivity index (χ4v) is 4.76. The van der Waals surface area contributed by atoms with Gasteiger partial charge in [0.15, 0.2) is 11.5 Å². The number of rotatable bonds is 10. The van der Waals surface area contributed by atoms with E-state index in [0.29, 0.717) is 33.9 Å². The number of nitrogens with zero attached hydrogens (tertiary/aromatic N) is 2. The van der Waals surface area contributed by atoms with Gasteiger partial charge in [-0.2, -0.15) is 0 Å². The number of amides is 1. The molecule has 1 amide bonds. The molecule has 1 N–H and O–H groups in total. The van der Waals surface area contributed by atoms with Crippen LogP contribution in [0.4, 0.5) is 11.4 Å². The van der Waals surface area contributed by atoms with Gasteiger partial charge in [-0.25, -0.2) is 8.42 Å². The Balaban J connectivity index is 1.76. The maximum absolute atomic E-state index is 13.0. The number of nitro groups is 1. The Morgan fingerprint density at radius 3 is 2.19 bits per heavy atom. The number of carbonyl (C=O) groups excluding carboxylic acids is 1. The van der Waals surface area contributed by atoms with Gasteiger partial charge in [0.05, 0.1) is 31.1 Å². The molecule has 0 aliphatic carbocycles. The summed E-state index contributed by atoms with van der Waals surface area (Å²) in [5.41, 5.74) is 1.28. The van der Waals surface area contributed by atoms with Crippen LogP contribution < -0.4 is 18.9 Å². The molecular formula is C25H27N3O8S. The van der Waals surface area contributed by atoms with Crippen LogP contribution in [0.15, 0.2) is 59.5 Å². The second kappa shape index (κ2) is 11.2. The van der Waals surface area contributed by atoms with E-state index < -0.39 is 14.9 Å². The third kappa shape index (κ3) is 5.92. The third-order valence-corrected chi connectivity index (χ3v) is 6.99. The summed E-state index contributed by atoms with van der Waals surface area (Å²) in [5.74, 6) is 1.05. The smallest absolute Gasteiger partial charge is 0.273 e. The Bertz CT molecular complexity index is 1420. The minimum absolute atomic E-state index is 0.198. The van der Waals surface area contributed by atoms with Crippen LogP contribution in [0, 0.1) is 17.0 Å². The number of anilines is 1. The molecule has 3 rings (SSSR count). The van der Waals surface area contributed by atoms with Gasteiger partial charge >= 0.3 is 0 Å². The van der Waals surface area contributed by atoms with Crippen LogP contribution >= 0.6 is 0 Å². The number of hydrogen-bond donors (Lipinski definition) is 1. The summed E-state index contributed by atoms with van der Waals surface area (Å²) >= 11 is 0. The van der Waals surface area contributed by atoms with Crippen LogP contribution in [-0.2, 0) is 16.6 Å². The van der Waals surface area contributed by atoms with Crippen molar-refractivity contribution in [3.8, 4) is 17.2 Å². The summed E-state index contributed by atoms with van der Waals surface area (Å²) in [7, 11) is 2.05. The molecule has 37 heavy (non-hydrogen) atoms. The molecule has 0 bridgehead atoms. The molecule has 0 saturated heterocycles. The van der Waals surface area contributed by atoms with Crippen molar-refractivity contribution in [3.63, 3.8) is 0 Å². The van der Waals surface area contributed by atoms with E-state index >= 15 is 0 Å². The second-order valence-electron chi connectivity index (χ2n) is 8.04. The van der Waals surface area contributed by atoms with Crippen LogP contribution in [0.25, 0.3) is 0 Å². The molecule has 12 heteroatoms. The lowest BCUT2D eigenvalue weighted by molar-refractivity contribution is -0.385. The van der Waals surface area contributed by atoms with Gasteiger partial charge in [-0.1, -0.05) is 6.07 Å². The van der Waals surface area contributed by atoms with Crippen molar-refractivity contribution in [1.29, 1.82) is 0 Å². The molecule has 11 nitrogen and oxygen atoms in total. The summed E-state index contributed by atoms with van der Waals surface area (Å²) in [6.07, 6.45) is 0. The number of benzene rings is 3. The van der Waals surface area contributed by atoms with Crippen LogP contribution in [0.2, 0.25) is 0 Å². The van der Waals surface area contributed by atoms with Gasteiger partial charge in [0.2, 0.25) is 5.75 Å². The molecule has 0 radical (unpaired) electrons. The van der Waals surface area contributed by atoms with Crippen molar-refractivity contribution in [2.45, 2.75) is 18.4 Å². The number of carbonyl (C=O) groups is 1. The van der Waals surface area contributed by atoms with Crippen molar-refractivity contribution < 1.29 is 32.3 Å². The standard InChI is InChI=1S/C25H27N3O8S/c1-16-6-12-20(14-21(16)28(30)31)37(32,33)26-19-10-7-17(8-11-19)25(29)27(2)15-18-9-13-22(34-3)24(36-5)23(18)35-4/h6-14,26H,15H2,1-5H3. The van der Waals surface area contributed by atoms with Crippen LogP contribution in [0.1, 0.15) is 21.5 Å². The predicted molar refractivity (Wildman–Crippen MR) is 137 cm³/mol. The molecule has 0 aliphatic rings. The molecule has 196 valence electrons. The molecule has 3 aromatic rings. The minimum atomic E-state index is -4.08. The van der Waals surface area contributed by atoms with Gasteiger partial charge in [0.1, 0.15) is 0 Å². The van der Waals surface area contributed by atoms with E-state index in [2.05, 4.69) is 4.72 Å². The van der Waals surface area contributed by atoms with Gasteiger partial charge in [-0.15, -0.1) is 0 Å². The maximum Gasteiger partial charge on any atom is 0.273 e. The number of sulfonamides is 1. The minimum Gasteiger partial charge on any atom is -0.493 e. The van der Waals surface area contributed by atoms with Crippen LogP contribution in [0.3, 0.4) is 0 Å². The third-order valence-electron chi connectivity index (χ3n) is 5.61. The van der Waals surface area contributed by atoms with E-state index in [-0.39, 0.29) is 28.7 Å². The Morgan fingerprint density at radius 1 is 0.973 bits per heavy atom. The first-order valence-corrected chi connectivity index (χ1v) is 12.4. The van der Waals surface area contributed by atoms with Crippen molar-refractivity contribution in [2.75, 3.05) is 33.1 Å². The largest absolute Gasteiger partial charge is 0.493 e. The lowest BCUT2D eigenvalue weighted by Crippen LogP contribution is -2.26. The van der Waals surface area contributed by atoms with Gasteiger partial charge in [0, 0.05) is 42.0 Å². The lowest BCUT2D eigenvalue weighted by Gasteiger charge is -2.21. The maximum atomic E-state index is 13.0. The quantitative estimate of drug-likeness (QED) is 0.307. The van der Waals surface area contributed by atoms with Crippen molar-refractivity contribution in [3.05, 3.63) is 81.4 Å². The Labute approximate surface area is 214 Å². The molecule has 0 atom stereocenters. The number of methoxy groups -OCH3 is 3. The average Bonchev–Trinajstić information content (AvgIpc) is 2.87. The average molecular weight is 530 g/mol. The molecule has 0 aromatic heterocycles. The Hall–Kier alpha value is -4.32. The van der Waals surface area contributed by atoms with E-state index in [1.165, 1.54) is 69.6 Å². The van der Waals surface area contributed by atoms with Crippen LogP contribution in [-0.4, -0.2) is 52.5 Å². The SMILES string of the molecule is COc1ccc(CN(C)C(=O)c2ccc(NS(=O)(=O)c3ccc(C)c([N+](=O)[O-])c3)cc2)c(OC)c1OC. The highest BCUT2D eigenvalue weighted by Gasteiger charge is 2.22. The summed E-state index contributed by atoms with van der Waals surface area (Å²) < 4.78 is 44.0. The number of hydrogen-bond acceptors (Lipinski definition) is 8. The summed E-state index contributed by atoms with van der Waals surface area (Å²) in [4.78, 5) is 24.8. The molecule has 0 fully saturated rings. The fraction of sp³-hybridized carbons (Fsp3) is 0.240. The monoisotopic (exact) mass is 529 g/mol. The van der Waals surface area contributed by atoms with Crippen molar-refractivity contribution in [2.24, 2.45) is 0 Å². The normalized spacial score (nSPS) is 10.9. The number of aryl methyl sites for hydroxylation is 1. The molecule has 0 spiro atoms. The molecule has 0 saturated carbocycles. The van der Waals surface area contributed by atoms with E-state index in [9.17, 15) is 23.3 Å². The van der Waals surface area contributed by atoms with E-state index in [0.717, 1.165) is 6.07 Å². The predicted octanol–water partition coefficient (Wildman–Crippen LogP) is 4.00. The lowest BCUT2D eigenvalue weighted by atomic mass is 10.1. The highest BCUT2D eigenvalue weighted by Crippen LogP contribution is 2.40. The highest BCUT2D eigenvalue weighted by atomic mass is 32.2. The first-order chi connectivity index (χ1) is 17.5. The van der Waals surface area contributed by atoms with E-state index in [1.807, 2.05) is 0 Å². The zero-order chi connectivity index (χ0) is 27.3. The summed E-state index contributed by atoms with van der Waals surface area (Å²) in [6, 6.07) is 13.0. The Morgan fingerprint density at radius 2 is 1.62 bits per heavy atom. The number of nitrogens with one attached hydrogen (secondary N) is 1. The Kier molecular flexibility index (Phi) is 8.23. The van der Waals surface area contributed by atoms with Crippen LogP contribution in [0.5, 0.6) is 17.2 Å². The topological polar surface area (TPSA) is 137 Å². The van der Waals surface area contributed by atoms with Crippen molar-refractivity contribution >= 4 is 27.3 Å². The number of nitro benzene ring substituents is 1. The van der Waals surface area contributed by atoms with Gasteiger partial charge in [-0.05, 0) is 49.4 Å². The zero-order valence-electron chi connectivity index (χ0n) is 21.0. The fourth-order valence-electron chi connectivity index (χ4n) is 3.68. The first-order valence-electron chi connectivity index (χ1n) is 10.9. The highest BCUT2D eigenvalue weighted by molar-refractivity contribution is 7.92. The second-order valence-corrected chi connectivity index (χ2v) is 9.73. The van der Waals surface area contributed by atoms with Gasteiger partial charge in [0.25, 0.3) is 21.6 Å². The van der Waals surface area contributed by atoms with Gasteiger partial charge < -0.3 is 19.1 Å². The molecular weight excluding hydrogens is 502 g/mol. The number of ether oxygens (including phenoxy) is 3. The first kappa shape index (κ1) is 27.3. The van der Waals surface area contributed by atoms with E-state index in [1.54, 1.807) is 19.2 Å². The molecule has 0 heterocycles. The summed E-state index contributed by atoms with van der Waals surface area (Å²) in [6.45, 7) is 1.73. The van der Waals surface area contributed by atoms with Crippen molar-refractivity contribution in [1.82, 2.24) is 4.90 Å². The molecule has 0 aliphatic heterocycles. The zero-order valence-corrected chi connectivity index (χ0v) is 21.8. The molecule has 3 aromatic carbocycles. The molecule has 0 unspecified atom stereocenters. The van der Waals surface area contributed by atoms with Gasteiger partial charge in [-0.3, -0.25) is 19.6 Å².